The van der Waals surface area contributed by atoms with Crippen LogP contribution in [0, 0.1) is 13.8 Å². The standard InChI is InChI=1S/C23H23N3O/c1-16-11-17(2)13-20(12-16)25-23(27)22-14-21(7-9-24-22)26-10-8-18-5-3-4-6-19(18)15-26/h3-7,9,11-14H,8,10,15H2,1-2H3,(H,25,27). The van der Waals surface area contributed by atoms with Crippen molar-refractivity contribution in [1.29, 1.82) is 0 Å². The smallest absolute Gasteiger partial charge is 0.274 e. The molecule has 3 aromatic rings. The van der Waals surface area contributed by atoms with Gasteiger partial charge in [0.05, 0.1) is 0 Å². The van der Waals surface area contributed by atoms with E-state index in [1.54, 1.807) is 6.20 Å². The second-order valence-corrected chi connectivity index (χ2v) is 7.17. The SMILES string of the molecule is Cc1cc(C)cc(NC(=O)c2cc(N3CCc4ccccc4C3)ccn2)c1. The first-order valence-corrected chi connectivity index (χ1v) is 9.26. The minimum absolute atomic E-state index is 0.181. The van der Waals surface area contributed by atoms with Crippen molar-refractivity contribution in [2.24, 2.45) is 0 Å². The molecule has 2 heterocycles. The molecule has 0 bridgehead atoms. The van der Waals surface area contributed by atoms with Crippen molar-refractivity contribution in [2.45, 2.75) is 26.8 Å². The number of hydrogen-bond donors (Lipinski definition) is 1. The van der Waals surface area contributed by atoms with Crippen LogP contribution in [0.3, 0.4) is 0 Å². The summed E-state index contributed by atoms with van der Waals surface area (Å²) in [6.45, 7) is 5.85. The van der Waals surface area contributed by atoms with Gasteiger partial charge in [-0.3, -0.25) is 9.78 Å². The van der Waals surface area contributed by atoms with Gasteiger partial charge in [0.25, 0.3) is 5.91 Å². The minimum atomic E-state index is -0.181. The van der Waals surface area contributed by atoms with Crippen molar-refractivity contribution in [3.8, 4) is 0 Å². The Morgan fingerprint density at radius 1 is 1.00 bits per heavy atom. The summed E-state index contributed by atoms with van der Waals surface area (Å²) in [4.78, 5) is 19.3. The number of aryl methyl sites for hydroxylation is 2. The Morgan fingerprint density at radius 3 is 2.52 bits per heavy atom. The number of aromatic nitrogens is 1. The first kappa shape index (κ1) is 17.3. The Morgan fingerprint density at radius 2 is 1.74 bits per heavy atom. The van der Waals surface area contributed by atoms with Crippen molar-refractivity contribution in [1.82, 2.24) is 4.98 Å². The average Bonchev–Trinajstić information content (AvgIpc) is 2.67. The van der Waals surface area contributed by atoms with E-state index in [1.807, 2.05) is 38.1 Å². The summed E-state index contributed by atoms with van der Waals surface area (Å²) in [5, 5.41) is 2.97. The first-order chi connectivity index (χ1) is 13.1. The number of carbonyl (C=O) groups is 1. The Labute approximate surface area is 159 Å². The summed E-state index contributed by atoms with van der Waals surface area (Å²) in [7, 11) is 0. The van der Waals surface area contributed by atoms with Gasteiger partial charge >= 0.3 is 0 Å². The molecule has 1 amide bonds. The molecule has 136 valence electrons. The van der Waals surface area contributed by atoms with Crippen LogP contribution < -0.4 is 10.2 Å². The normalized spacial score (nSPS) is 13.2. The molecular weight excluding hydrogens is 334 g/mol. The predicted molar refractivity (Wildman–Crippen MR) is 109 cm³/mol. The highest BCUT2D eigenvalue weighted by molar-refractivity contribution is 6.03. The van der Waals surface area contributed by atoms with E-state index in [-0.39, 0.29) is 5.91 Å². The van der Waals surface area contributed by atoms with Gasteiger partial charge in [-0.2, -0.15) is 0 Å². The largest absolute Gasteiger partial charge is 0.367 e. The number of anilines is 2. The maximum atomic E-state index is 12.7. The maximum absolute atomic E-state index is 12.7. The number of rotatable bonds is 3. The molecule has 1 aliphatic rings. The number of benzene rings is 2. The van der Waals surface area contributed by atoms with Gasteiger partial charge in [0.2, 0.25) is 0 Å². The zero-order valence-electron chi connectivity index (χ0n) is 15.7. The Balaban J connectivity index is 1.53. The van der Waals surface area contributed by atoms with Gasteiger partial charge in [-0.05, 0) is 66.8 Å². The fourth-order valence-electron chi connectivity index (χ4n) is 3.70. The lowest BCUT2D eigenvalue weighted by Crippen LogP contribution is -2.30. The van der Waals surface area contributed by atoms with Crippen LogP contribution in [0.5, 0.6) is 0 Å². The molecule has 4 nitrogen and oxygen atoms in total. The maximum Gasteiger partial charge on any atom is 0.274 e. The van der Waals surface area contributed by atoms with Crippen LogP contribution in [-0.4, -0.2) is 17.4 Å². The van der Waals surface area contributed by atoms with Crippen molar-refractivity contribution in [3.63, 3.8) is 0 Å². The third-order valence-corrected chi connectivity index (χ3v) is 4.95. The zero-order chi connectivity index (χ0) is 18.8. The number of amides is 1. The van der Waals surface area contributed by atoms with E-state index in [9.17, 15) is 4.79 Å². The fraction of sp³-hybridized carbons (Fsp3) is 0.217. The van der Waals surface area contributed by atoms with Crippen LogP contribution in [0.1, 0.15) is 32.7 Å². The molecule has 1 N–H and O–H groups in total. The lowest BCUT2D eigenvalue weighted by Gasteiger charge is -2.30. The van der Waals surface area contributed by atoms with Crippen LogP contribution in [0.15, 0.2) is 60.8 Å². The average molecular weight is 357 g/mol. The summed E-state index contributed by atoms with van der Waals surface area (Å²) in [5.74, 6) is -0.181. The predicted octanol–water partition coefficient (Wildman–Crippen LogP) is 4.51. The van der Waals surface area contributed by atoms with E-state index in [0.29, 0.717) is 5.69 Å². The molecule has 0 radical (unpaired) electrons. The van der Waals surface area contributed by atoms with Gasteiger partial charge in [0, 0.05) is 30.7 Å². The highest BCUT2D eigenvalue weighted by Gasteiger charge is 2.17. The molecule has 4 rings (SSSR count). The van der Waals surface area contributed by atoms with E-state index in [0.717, 1.165) is 42.0 Å². The van der Waals surface area contributed by atoms with Crippen LogP contribution in [0.4, 0.5) is 11.4 Å². The van der Waals surface area contributed by atoms with E-state index in [4.69, 9.17) is 0 Å². The first-order valence-electron chi connectivity index (χ1n) is 9.26. The number of nitrogens with zero attached hydrogens (tertiary/aromatic N) is 2. The number of nitrogens with one attached hydrogen (secondary N) is 1. The second-order valence-electron chi connectivity index (χ2n) is 7.17. The number of fused-ring (bicyclic) bond motifs is 1. The lowest BCUT2D eigenvalue weighted by molar-refractivity contribution is 0.102. The van der Waals surface area contributed by atoms with Crippen molar-refractivity contribution in [2.75, 3.05) is 16.8 Å². The molecule has 0 fully saturated rings. The molecule has 0 saturated heterocycles. The Kier molecular flexibility index (Phi) is 4.63. The third kappa shape index (κ3) is 3.85. The van der Waals surface area contributed by atoms with Crippen molar-refractivity contribution < 1.29 is 4.79 Å². The number of hydrogen-bond acceptors (Lipinski definition) is 3. The summed E-state index contributed by atoms with van der Waals surface area (Å²) in [6.07, 6.45) is 2.73. The van der Waals surface area contributed by atoms with E-state index in [2.05, 4.69) is 45.5 Å². The van der Waals surface area contributed by atoms with Crippen LogP contribution in [0.25, 0.3) is 0 Å². The Hall–Kier alpha value is -3.14. The molecule has 27 heavy (non-hydrogen) atoms. The molecule has 1 aromatic heterocycles. The van der Waals surface area contributed by atoms with Gasteiger partial charge in [-0.1, -0.05) is 30.3 Å². The van der Waals surface area contributed by atoms with Crippen molar-refractivity contribution in [3.05, 3.63) is 88.7 Å². The molecular formula is C23H23N3O. The second kappa shape index (κ2) is 7.23. The van der Waals surface area contributed by atoms with Gasteiger partial charge in [0.15, 0.2) is 0 Å². The van der Waals surface area contributed by atoms with Gasteiger partial charge < -0.3 is 10.2 Å². The lowest BCUT2D eigenvalue weighted by atomic mass is 9.99. The fourth-order valence-corrected chi connectivity index (χ4v) is 3.70. The third-order valence-electron chi connectivity index (χ3n) is 4.95. The van der Waals surface area contributed by atoms with Crippen LogP contribution in [0.2, 0.25) is 0 Å². The summed E-state index contributed by atoms with van der Waals surface area (Å²) in [6, 6.07) is 18.4. The molecule has 0 saturated carbocycles. The van der Waals surface area contributed by atoms with Crippen LogP contribution in [-0.2, 0) is 13.0 Å². The molecule has 0 atom stereocenters. The molecule has 0 unspecified atom stereocenters. The van der Waals surface area contributed by atoms with Gasteiger partial charge in [-0.15, -0.1) is 0 Å². The zero-order valence-corrected chi connectivity index (χ0v) is 15.7. The van der Waals surface area contributed by atoms with Crippen molar-refractivity contribution >= 4 is 17.3 Å². The summed E-state index contributed by atoms with van der Waals surface area (Å²) < 4.78 is 0. The molecule has 2 aromatic carbocycles. The molecule has 0 spiro atoms. The quantitative estimate of drug-likeness (QED) is 0.750. The topological polar surface area (TPSA) is 45.2 Å². The number of pyridine rings is 1. The van der Waals surface area contributed by atoms with Gasteiger partial charge in [0.1, 0.15) is 5.69 Å². The molecule has 4 heteroatoms. The molecule has 0 aliphatic carbocycles. The van der Waals surface area contributed by atoms with Gasteiger partial charge in [-0.25, -0.2) is 0 Å². The summed E-state index contributed by atoms with van der Waals surface area (Å²) >= 11 is 0. The molecule has 1 aliphatic heterocycles. The summed E-state index contributed by atoms with van der Waals surface area (Å²) in [5.41, 5.74) is 7.28. The van der Waals surface area contributed by atoms with Crippen LogP contribution >= 0.6 is 0 Å². The highest BCUT2D eigenvalue weighted by atomic mass is 16.1. The van der Waals surface area contributed by atoms with E-state index < -0.39 is 0 Å². The monoisotopic (exact) mass is 357 g/mol. The highest BCUT2D eigenvalue weighted by Crippen LogP contribution is 2.25. The minimum Gasteiger partial charge on any atom is -0.367 e. The Bertz CT molecular complexity index is 976. The van der Waals surface area contributed by atoms with E-state index in [1.165, 1.54) is 11.1 Å². The van der Waals surface area contributed by atoms with E-state index >= 15 is 0 Å². The number of carbonyl (C=O) groups excluding carboxylic acids is 1.